The fourth-order valence-corrected chi connectivity index (χ4v) is 2.77. The third-order valence-electron chi connectivity index (χ3n) is 3.99. The van der Waals surface area contributed by atoms with Crippen LogP contribution < -0.4 is 11.1 Å². The van der Waals surface area contributed by atoms with E-state index in [9.17, 15) is 4.79 Å². The third-order valence-corrected chi connectivity index (χ3v) is 3.99. The molecular weight excluding hydrogens is 266 g/mol. The second-order valence-electron chi connectivity index (χ2n) is 5.44. The van der Waals surface area contributed by atoms with Gasteiger partial charge in [0.15, 0.2) is 0 Å². The lowest BCUT2D eigenvalue weighted by atomic mass is 10.0. The number of aromatic nitrogens is 3. The van der Waals surface area contributed by atoms with Crippen LogP contribution in [-0.4, -0.2) is 26.5 Å². The van der Waals surface area contributed by atoms with Gasteiger partial charge in [0, 0.05) is 18.4 Å². The van der Waals surface area contributed by atoms with Crippen molar-refractivity contribution in [2.45, 2.75) is 32.2 Å². The highest BCUT2D eigenvalue weighted by Gasteiger charge is 2.30. The standard InChI is InChI=1S/C15H19N5O/c1-10-17-7-8-20(10)14-6-5-11(9-18-14)19-15(21)12-3-2-4-13(12)16/h5-9,12-13H,2-4,16H2,1H3,(H,19,21). The summed E-state index contributed by atoms with van der Waals surface area (Å²) in [5.74, 6) is 1.56. The van der Waals surface area contributed by atoms with Gasteiger partial charge in [-0.25, -0.2) is 9.97 Å². The average Bonchev–Trinajstić information content (AvgIpc) is 3.08. The summed E-state index contributed by atoms with van der Waals surface area (Å²) in [6.45, 7) is 1.92. The van der Waals surface area contributed by atoms with Gasteiger partial charge >= 0.3 is 0 Å². The molecule has 3 rings (SSSR count). The van der Waals surface area contributed by atoms with Gasteiger partial charge in [-0.15, -0.1) is 0 Å². The number of hydrogen-bond acceptors (Lipinski definition) is 4. The highest BCUT2D eigenvalue weighted by atomic mass is 16.1. The molecule has 0 aliphatic heterocycles. The van der Waals surface area contributed by atoms with E-state index in [1.165, 1.54) is 0 Å². The molecule has 1 aliphatic carbocycles. The Morgan fingerprint density at radius 1 is 1.38 bits per heavy atom. The van der Waals surface area contributed by atoms with Gasteiger partial charge in [-0.3, -0.25) is 9.36 Å². The first-order chi connectivity index (χ1) is 10.1. The van der Waals surface area contributed by atoms with Gasteiger partial charge in [-0.05, 0) is 31.9 Å². The molecule has 1 amide bonds. The minimum Gasteiger partial charge on any atom is -0.327 e. The van der Waals surface area contributed by atoms with Crippen LogP contribution in [0.4, 0.5) is 5.69 Å². The smallest absolute Gasteiger partial charge is 0.229 e. The normalized spacial score (nSPS) is 21.4. The lowest BCUT2D eigenvalue weighted by Gasteiger charge is -2.15. The number of carbonyl (C=O) groups excluding carboxylic acids is 1. The zero-order chi connectivity index (χ0) is 14.8. The number of nitrogens with zero attached hydrogens (tertiary/aromatic N) is 3. The summed E-state index contributed by atoms with van der Waals surface area (Å²) < 4.78 is 1.89. The van der Waals surface area contributed by atoms with Crippen LogP contribution in [0.2, 0.25) is 0 Å². The number of hydrogen-bond donors (Lipinski definition) is 2. The van der Waals surface area contributed by atoms with Crippen molar-refractivity contribution < 1.29 is 4.79 Å². The second kappa shape index (κ2) is 5.65. The Hall–Kier alpha value is -2.21. The number of aryl methyl sites for hydroxylation is 1. The molecule has 1 saturated carbocycles. The summed E-state index contributed by atoms with van der Waals surface area (Å²) in [5.41, 5.74) is 6.65. The zero-order valence-corrected chi connectivity index (χ0v) is 12.0. The molecule has 2 atom stereocenters. The Bertz CT molecular complexity index is 634. The van der Waals surface area contributed by atoms with Crippen molar-refractivity contribution in [3.05, 3.63) is 36.5 Å². The molecule has 1 aliphatic rings. The van der Waals surface area contributed by atoms with Crippen molar-refractivity contribution in [2.75, 3.05) is 5.32 Å². The quantitative estimate of drug-likeness (QED) is 0.897. The summed E-state index contributed by atoms with van der Waals surface area (Å²) in [5, 5.41) is 2.90. The molecule has 0 saturated heterocycles. The van der Waals surface area contributed by atoms with Crippen molar-refractivity contribution in [3.63, 3.8) is 0 Å². The monoisotopic (exact) mass is 285 g/mol. The fraction of sp³-hybridized carbons (Fsp3) is 0.400. The first kappa shape index (κ1) is 13.8. The molecule has 110 valence electrons. The molecule has 1 fully saturated rings. The van der Waals surface area contributed by atoms with Crippen LogP contribution in [0.1, 0.15) is 25.1 Å². The van der Waals surface area contributed by atoms with Crippen molar-refractivity contribution >= 4 is 11.6 Å². The molecule has 2 aromatic rings. The number of anilines is 1. The van der Waals surface area contributed by atoms with Gasteiger partial charge in [-0.1, -0.05) is 6.42 Å². The molecule has 2 unspecified atom stereocenters. The van der Waals surface area contributed by atoms with Gasteiger partial charge < -0.3 is 11.1 Å². The molecule has 21 heavy (non-hydrogen) atoms. The average molecular weight is 285 g/mol. The number of rotatable bonds is 3. The van der Waals surface area contributed by atoms with Crippen LogP contribution in [0.15, 0.2) is 30.7 Å². The number of nitrogens with two attached hydrogens (primary N) is 1. The number of amides is 1. The molecule has 2 aromatic heterocycles. The highest BCUT2D eigenvalue weighted by Crippen LogP contribution is 2.25. The topological polar surface area (TPSA) is 85.8 Å². The van der Waals surface area contributed by atoms with Crippen LogP contribution in [0.3, 0.4) is 0 Å². The first-order valence-electron chi connectivity index (χ1n) is 7.18. The van der Waals surface area contributed by atoms with E-state index < -0.39 is 0 Å². The maximum absolute atomic E-state index is 12.2. The van der Waals surface area contributed by atoms with E-state index >= 15 is 0 Å². The lowest BCUT2D eigenvalue weighted by Crippen LogP contribution is -2.34. The molecule has 2 heterocycles. The predicted octanol–water partition coefficient (Wildman–Crippen LogP) is 1.64. The molecule has 0 aromatic carbocycles. The van der Waals surface area contributed by atoms with Crippen molar-refractivity contribution in [3.8, 4) is 5.82 Å². The van der Waals surface area contributed by atoms with Crippen LogP contribution in [-0.2, 0) is 4.79 Å². The molecule has 6 nitrogen and oxygen atoms in total. The van der Waals surface area contributed by atoms with Crippen LogP contribution in [0.5, 0.6) is 0 Å². The number of imidazole rings is 1. The Balaban J connectivity index is 1.70. The van der Waals surface area contributed by atoms with E-state index in [-0.39, 0.29) is 17.9 Å². The lowest BCUT2D eigenvalue weighted by molar-refractivity contribution is -0.120. The minimum absolute atomic E-state index is 0.00615. The molecule has 0 spiro atoms. The number of pyridine rings is 1. The van der Waals surface area contributed by atoms with Crippen LogP contribution in [0.25, 0.3) is 5.82 Å². The molecule has 6 heteroatoms. The predicted molar refractivity (Wildman–Crippen MR) is 80.0 cm³/mol. The SMILES string of the molecule is Cc1nccn1-c1ccc(NC(=O)C2CCCC2N)cn1. The fourth-order valence-electron chi connectivity index (χ4n) is 2.77. The van der Waals surface area contributed by atoms with Crippen molar-refractivity contribution in [1.29, 1.82) is 0 Å². The summed E-state index contributed by atoms with van der Waals surface area (Å²) in [6.07, 6.45) is 8.06. The van der Waals surface area contributed by atoms with E-state index in [1.54, 1.807) is 12.4 Å². The van der Waals surface area contributed by atoms with Crippen molar-refractivity contribution in [2.24, 2.45) is 11.7 Å². The van der Waals surface area contributed by atoms with Crippen LogP contribution in [0, 0.1) is 12.8 Å². The Morgan fingerprint density at radius 3 is 2.81 bits per heavy atom. The number of nitrogens with one attached hydrogen (secondary N) is 1. The molecule has 0 radical (unpaired) electrons. The van der Waals surface area contributed by atoms with E-state index in [0.717, 1.165) is 30.9 Å². The van der Waals surface area contributed by atoms with Gasteiger partial charge in [0.25, 0.3) is 0 Å². The zero-order valence-electron chi connectivity index (χ0n) is 12.0. The maximum Gasteiger partial charge on any atom is 0.229 e. The first-order valence-corrected chi connectivity index (χ1v) is 7.18. The summed E-state index contributed by atoms with van der Waals surface area (Å²) >= 11 is 0. The van der Waals surface area contributed by atoms with E-state index in [1.807, 2.05) is 29.8 Å². The molecular formula is C15H19N5O. The minimum atomic E-state index is -0.0828. The van der Waals surface area contributed by atoms with E-state index in [0.29, 0.717) is 5.69 Å². The summed E-state index contributed by atoms with van der Waals surface area (Å²) in [4.78, 5) is 20.7. The van der Waals surface area contributed by atoms with Crippen LogP contribution >= 0.6 is 0 Å². The van der Waals surface area contributed by atoms with E-state index in [4.69, 9.17) is 5.73 Å². The van der Waals surface area contributed by atoms with Gasteiger partial charge in [0.05, 0.1) is 17.8 Å². The van der Waals surface area contributed by atoms with Gasteiger partial charge in [0.1, 0.15) is 11.6 Å². The number of carbonyl (C=O) groups is 1. The molecule has 3 N–H and O–H groups in total. The Kier molecular flexibility index (Phi) is 3.70. The van der Waals surface area contributed by atoms with Gasteiger partial charge in [0.2, 0.25) is 5.91 Å². The molecule has 0 bridgehead atoms. The van der Waals surface area contributed by atoms with Crippen molar-refractivity contribution in [1.82, 2.24) is 14.5 Å². The summed E-state index contributed by atoms with van der Waals surface area (Å²) in [7, 11) is 0. The van der Waals surface area contributed by atoms with Gasteiger partial charge in [-0.2, -0.15) is 0 Å². The highest BCUT2D eigenvalue weighted by molar-refractivity contribution is 5.93. The Labute approximate surface area is 123 Å². The summed E-state index contributed by atoms with van der Waals surface area (Å²) in [6, 6.07) is 3.68. The largest absolute Gasteiger partial charge is 0.327 e. The third kappa shape index (κ3) is 2.80. The maximum atomic E-state index is 12.2. The van der Waals surface area contributed by atoms with E-state index in [2.05, 4.69) is 15.3 Å². The Morgan fingerprint density at radius 2 is 2.24 bits per heavy atom. The second-order valence-corrected chi connectivity index (χ2v) is 5.44.